The van der Waals surface area contributed by atoms with E-state index in [0.29, 0.717) is 5.92 Å². The fourth-order valence-electron chi connectivity index (χ4n) is 3.25. The van der Waals surface area contributed by atoms with E-state index in [0.717, 1.165) is 41.2 Å². The first-order chi connectivity index (χ1) is 8.16. The number of fused-ring (bicyclic) bond motifs is 2. The van der Waals surface area contributed by atoms with Crippen molar-refractivity contribution in [3.05, 3.63) is 21.3 Å². The smallest absolute Gasteiger partial charge is 0.131 e. The van der Waals surface area contributed by atoms with Crippen molar-refractivity contribution in [3.63, 3.8) is 0 Å². The predicted octanol–water partition coefficient (Wildman–Crippen LogP) is 2.92. The van der Waals surface area contributed by atoms with Crippen LogP contribution in [0.4, 0.5) is 5.82 Å². The standard InChI is InChI=1S/C12H15BrClN3/c13-8-5-16-11-9(10(8)14)12(6-17-11)2-1-7(3-12)4-15/h5,7H,1-4,6,15H2,(H,16,17). The molecule has 0 saturated heterocycles. The normalized spacial score (nSPS) is 30.6. The molecule has 2 unspecified atom stereocenters. The SMILES string of the molecule is NCC1CCC2(CNc3ncc(Br)c(Cl)c32)C1. The second-order valence-electron chi connectivity index (χ2n) is 5.12. The fourth-order valence-corrected chi connectivity index (χ4v) is 3.89. The second kappa shape index (κ2) is 4.11. The van der Waals surface area contributed by atoms with Gasteiger partial charge in [-0.2, -0.15) is 0 Å². The van der Waals surface area contributed by atoms with Crippen LogP contribution >= 0.6 is 27.5 Å². The van der Waals surface area contributed by atoms with E-state index in [-0.39, 0.29) is 5.41 Å². The fraction of sp³-hybridized carbons (Fsp3) is 0.583. The molecule has 17 heavy (non-hydrogen) atoms. The van der Waals surface area contributed by atoms with Crippen molar-refractivity contribution in [1.29, 1.82) is 0 Å². The highest BCUT2D eigenvalue weighted by Gasteiger charge is 2.46. The molecule has 1 fully saturated rings. The highest BCUT2D eigenvalue weighted by molar-refractivity contribution is 9.10. The molecule has 3 N–H and O–H groups in total. The van der Waals surface area contributed by atoms with Crippen molar-refractivity contribution < 1.29 is 0 Å². The minimum atomic E-state index is 0.160. The maximum atomic E-state index is 6.44. The molecule has 92 valence electrons. The lowest BCUT2D eigenvalue weighted by Gasteiger charge is -2.24. The molecule has 1 aliphatic heterocycles. The van der Waals surface area contributed by atoms with Crippen LogP contribution in [0.3, 0.4) is 0 Å². The van der Waals surface area contributed by atoms with E-state index in [9.17, 15) is 0 Å². The van der Waals surface area contributed by atoms with E-state index in [1.165, 1.54) is 12.0 Å². The lowest BCUT2D eigenvalue weighted by molar-refractivity contribution is 0.454. The highest BCUT2D eigenvalue weighted by atomic mass is 79.9. The molecule has 3 nitrogen and oxygen atoms in total. The Morgan fingerprint density at radius 1 is 1.65 bits per heavy atom. The van der Waals surface area contributed by atoms with Gasteiger partial charge in [0, 0.05) is 23.7 Å². The van der Waals surface area contributed by atoms with E-state index >= 15 is 0 Å². The molecule has 0 amide bonds. The van der Waals surface area contributed by atoms with Gasteiger partial charge < -0.3 is 11.1 Å². The summed E-state index contributed by atoms with van der Waals surface area (Å²) in [6, 6.07) is 0. The van der Waals surface area contributed by atoms with Gasteiger partial charge in [-0.3, -0.25) is 0 Å². The van der Waals surface area contributed by atoms with Crippen LogP contribution in [0, 0.1) is 5.92 Å². The van der Waals surface area contributed by atoms with Crippen LogP contribution in [0.2, 0.25) is 5.02 Å². The van der Waals surface area contributed by atoms with Crippen LogP contribution in [0.25, 0.3) is 0 Å². The van der Waals surface area contributed by atoms with Crippen LogP contribution in [0.1, 0.15) is 24.8 Å². The molecular weight excluding hydrogens is 302 g/mol. The van der Waals surface area contributed by atoms with Gasteiger partial charge in [0.2, 0.25) is 0 Å². The molecule has 1 aromatic rings. The third-order valence-electron chi connectivity index (χ3n) is 4.14. The number of nitrogens with two attached hydrogens (primary N) is 1. The van der Waals surface area contributed by atoms with Crippen LogP contribution in [-0.2, 0) is 5.41 Å². The first kappa shape index (κ1) is 11.8. The molecule has 2 aliphatic rings. The summed E-state index contributed by atoms with van der Waals surface area (Å²) in [6.07, 6.45) is 5.25. The summed E-state index contributed by atoms with van der Waals surface area (Å²) >= 11 is 9.91. The number of anilines is 1. The quantitative estimate of drug-likeness (QED) is 0.837. The number of halogens is 2. The molecule has 5 heteroatoms. The molecule has 1 aliphatic carbocycles. The number of nitrogens with one attached hydrogen (secondary N) is 1. The molecule has 1 saturated carbocycles. The van der Waals surface area contributed by atoms with Crippen LogP contribution in [0.15, 0.2) is 10.7 Å². The van der Waals surface area contributed by atoms with Crippen molar-refractivity contribution in [2.75, 3.05) is 18.4 Å². The second-order valence-corrected chi connectivity index (χ2v) is 6.35. The molecule has 0 aromatic carbocycles. The number of pyridine rings is 1. The minimum absolute atomic E-state index is 0.160. The van der Waals surface area contributed by atoms with E-state index < -0.39 is 0 Å². The van der Waals surface area contributed by atoms with Crippen molar-refractivity contribution in [1.82, 2.24) is 4.98 Å². The Hall–Kier alpha value is -0.320. The third kappa shape index (κ3) is 1.69. The maximum absolute atomic E-state index is 6.44. The van der Waals surface area contributed by atoms with Gasteiger partial charge in [0.15, 0.2) is 0 Å². The summed E-state index contributed by atoms with van der Waals surface area (Å²) in [4.78, 5) is 4.42. The summed E-state index contributed by atoms with van der Waals surface area (Å²) in [5.41, 5.74) is 7.15. The van der Waals surface area contributed by atoms with Crippen molar-refractivity contribution >= 4 is 33.3 Å². The van der Waals surface area contributed by atoms with Gasteiger partial charge in [-0.15, -0.1) is 0 Å². The van der Waals surface area contributed by atoms with E-state index in [1.54, 1.807) is 6.20 Å². The van der Waals surface area contributed by atoms with Gasteiger partial charge in [0.05, 0.1) is 9.50 Å². The lowest BCUT2D eigenvalue weighted by Crippen LogP contribution is -2.26. The first-order valence-electron chi connectivity index (χ1n) is 5.95. The summed E-state index contributed by atoms with van der Waals surface area (Å²) < 4.78 is 0.886. The third-order valence-corrected chi connectivity index (χ3v) is 5.36. The average Bonchev–Trinajstić information content (AvgIpc) is 2.90. The van der Waals surface area contributed by atoms with E-state index in [2.05, 4.69) is 26.2 Å². The Kier molecular flexibility index (Phi) is 2.84. The summed E-state index contributed by atoms with van der Waals surface area (Å²) in [7, 11) is 0. The zero-order chi connectivity index (χ0) is 12.0. The van der Waals surface area contributed by atoms with Gasteiger partial charge in [-0.25, -0.2) is 4.98 Å². The Bertz CT molecular complexity index is 465. The Labute approximate surface area is 114 Å². The average molecular weight is 317 g/mol. The molecule has 3 rings (SSSR count). The van der Waals surface area contributed by atoms with Crippen molar-refractivity contribution in [2.24, 2.45) is 11.7 Å². The first-order valence-corrected chi connectivity index (χ1v) is 7.12. The van der Waals surface area contributed by atoms with Gasteiger partial charge in [-0.1, -0.05) is 11.6 Å². The van der Waals surface area contributed by atoms with Gasteiger partial charge in [0.1, 0.15) is 5.82 Å². The van der Waals surface area contributed by atoms with Crippen LogP contribution < -0.4 is 11.1 Å². The highest BCUT2D eigenvalue weighted by Crippen LogP contribution is 2.52. The number of rotatable bonds is 1. The maximum Gasteiger partial charge on any atom is 0.131 e. The predicted molar refractivity (Wildman–Crippen MR) is 73.5 cm³/mol. The van der Waals surface area contributed by atoms with Gasteiger partial charge in [0.25, 0.3) is 0 Å². The number of aromatic nitrogens is 1. The molecule has 0 radical (unpaired) electrons. The largest absolute Gasteiger partial charge is 0.369 e. The summed E-state index contributed by atoms with van der Waals surface area (Å²) in [6.45, 7) is 1.72. The zero-order valence-electron chi connectivity index (χ0n) is 9.47. The Balaban J connectivity index is 2.06. The van der Waals surface area contributed by atoms with Crippen LogP contribution in [-0.4, -0.2) is 18.1 Å². The minimum Gasteiger partial charge on any atom is -0.369 e. The van der Waals surface area contributed by atoms with Crippen molar-refractivity contribution in [2.45, 2.75) is 24.7 Å². The molecule has 2 atom stereocenters. The Morgan fingerprint density at radius 2 is 2.47 bits per heavy atom. The van der Waals surface area contributed by atoms with E-state index in [4.69, 9.17) is 17.3 Å². The number of hydrogen-bond donors (Lipinski definition) is 2. The lowest BCUT2D eigenvalue weighted by atomic mass is 9.80. The number of nitrogens with zero attached hydrogens (tertiary/aromatic N) is 1. The Morgan fingerprint density at radius 3 is 3.18 bits per heavy atom. The topological polar surface area (TPSA) is 50.9 Å². The van der Waals surface area contributed by atoms with Gasteiger partial charge >= 0.3 is 0 Å². The molecule has 0 bridgehead atoms. The number of hydrogen-bond acceptors (Lipinski definition) is 3. The van der Waals surface area contributed by atoms with Crippen LogP contribution in [0.5, 0.6) is 0 Å². The van der Waals surface area contributed by atoms with E-state index in [1.807, 2.05) is 0 Å². The molecule has 1 spiro atoms. The molecule has 1 aromatic heterocycles. The summed E-state index contributed by atoms with van der Waals surface area (Å²) in [5, 5.41) is 4.21. The summed E-state index contributed by atoms with van der Waals surface area (Å²) in [5.74, 6) is 1.58. The molecular formula is C12H15BrClN3. The zero-order valence-corrected chi connectivity index (χ0v) is 11.8. The van der Waals surface area contributed by atoms with Crippen molar-refractivity contribution in [3.8, 4) is 0 Å². The monoisotopic (exact) mass is 315 g/mol. The van der Waals surface area contributed by atoms with Gasteiger partial charge in [-0.05, 0) is 47.7 Å². The molecule has 2 heterocycles.